The summed E-state index contributed by atoms with van der Waals surface area (Å²) in [6.07, 6.45) is 5.40. The molecule has 0 spiro atoms. The van der Waals surface area contributed by atoms with Crippen molar-refractivity contribution in [3.05, 3.63) is 0 Å². The fourth-order valence-electron chi connectivity index (χ4n) is 1.62. The lowest BCUT2D eigenvalue weighted by molar-refractivity contribution is 0.125. The zero-order valence-electron chi connectivity index (χ0n) is 9.72. The zero-order valence-corrected chi connectivity index (χ0v) is 9.72. The Hall–Kier alpha value is -0.0800. The molecule has 0 aliphatic heterocycles. The van der Waals surface area contributed by atoms with Gasteiger partial charge in [0.1, 0.15) is 0 Å². The Kier molecular flexibility index (Phi) is 6.20. The molecule has 1 saturated carbocycles. The van der Waals surface area contributed by atoms with Crippen molar-refractivity contribution in [2.75, 3.05) is 26.3 Å². The molecule has 0 amide bonds. The number of hydrogen-bond acceptors (Lipinski definition) is 2. The summed E-state index contributed by atoms with van der Waals surface area (Å²) in [5.41, 5.74) is 0. The predicted molar refractivity (Wildman–Crippen MR) is 60.5 cm³/mol. The molecule has 1 rings (SSSR count). The van der Waals surface area contributed by atoms with Crippen molar-refractivity contribution in [2.24, 2.45) is 11.8 Å². The Bertz CT molecular complexity index is 134. The van der Waals surface area contributed by atoms with Gasteiger partial charge in [-0.1, -0.05) is 20.3 Å². The van der Waals surface area contributed by atoms with Crippen LogP contribution < -0.4 is 5.32 Å². The summed E-state index contributed by atoms with van der Waals surface area (Å²) in [6.45, 7) is 8.58. The summed E-state index contributed by atoms with van der Waals surface area (Å²) in [7, 11) is 0. The second kappa shape index (κ2) is 7.24. The topological polar surface area (TPSA) is 21.3 Å². The summed E-state index contributed by atoms with van der Waals surface area (Å²) in [5, 5.41) is 3.44. The minimum Gasteiger partial charge on any atom is -0.380 e. The number of ether oxygens (including phenoxy) is 1. The van der Waals surface area contributed by atoms with Crippen molar-refractivity contribution < 1.29 is 4.74 Å². The van der Waals surface area contributed by atoms with E-state index >= 15 is 0 Å². The Morgan fingerprint density at radius 2 is 2.21 bits per heavy atom. The second-order valence-corrected chi connectivity index (χ2v) is 4.62. The van der Waals surface area contributed by atoms with Crippen LogP contribution in [0.1, 0.15) is 39.5 Å². The summed E-state index contributed by atoms with van der Waals surface area (Å²) in [4.78, 5) is 0. The van der Waals surface area contributed by atoms with Crippen LogP contribution in [0.3, 0.4) is 0 Å². The van der Waals surface area contributed by atoms with Crippen LogP contribution >= 0.6 is 0 Å². The summed E-state index contributed by atoms with van der Waals surface area (Å²) in [5.74, 6) is 1.71. The molecule has 1 unspecified atom stereocenters. The van der Waals surface area contributed by atoms with E-state index in [0.717, 1.165) is 38.1 Å². The van der Waals surface area contributed by atoms with Crippen LogP contribution in [0.4, 0.5) is 0 Å². The molecule has 2 nitrogen and oxygen atoms in total. The van der Waals surface area contributed by atoms with E-state index in [1.807, 2.05) is 0 Å². The van der Waals surface area contributed by atoms with Gasteiger partial charge in [-0.05, 0) is 37.6 Å². The van der Waals surface area contributed by atoms with E-state index in [0.29, 0.717) is 0 Å². The van der Waals surface area contributed by atoms with Crippen LogP contribution in [0.25, 0.3) is 0 Å². The van der Waals surface area contributed by atoms with Crippen molar-refractivity contribution in [1.29, 1.82) is 0 Å². The first-order valence-corrected chi connectivity index (χ1v) is 6.11. The Labute approximate surface area is 88.4 Å². The molecule has 1 fully saturated rings. The molecule has 1 aliphatic rings. The van der Waals surface area contributed by atoms with E-state index in [1.54, 1.807) is 0 Å². The second-order valence-electron chi connectivity index (χ2n) is 4.62. The van der Waals surface area contributed by atoms with Crippen molar-refractivity contribution in [1.82, 2.24) is 5.32 Å². The molecule has 1 atom stereocenters. The molecule has 14 heavy (non-hydrogen) atoms. The number of nitrogens with one attached hydrogen (secondary N) is 1. The van der Waals surface area contributed by atoms with Gasteiger partial charge in [-0.2, -0.15) is 0 Å². The van der Waals surface area contributed by atoms with Gasteiger partial charge in [0.25, 0.3) is 0 Å². The van der Waals surface area contributed by atoms with Crippen molar-refractivity contribution in [3.8, 4) is 0 Å². The van der Waals surface area contributed by atoms with Crippen LogP contribution in [0.5, 0.6) is 0 Å². The van der Waals surface area contributed by atoms with Gasteiger partial charge >= 0.3 is 0 Å². The molecular formula is C12H25NO. The van der Waals surface area contributed by atoms with Gasteiger partial charge in [0.05, 0.1) is 6.61 Å². The van der Waals surface area contributed by atoms with E-state index in [-0.39, 0.29) is 0 Å². The monoisotopic (exact) mass is 199 g/mol. The van der Waals surface area contributed by atoms with Crippen molar-refractivity contribution in [2.45, 2.75) is 39.5 Å². The lowest BCUT2D eigenvalue weighted by atomic mass is 10.1. The highest BCUT2D eigenvalue weighted by Crippen LogP contribution is 2.28. The third kappa shape index (κ3) is 6.39. The van der Waals surface area contributed by atoms with E-state index < -0.39 is 0 Å². The molecule has 84 valence electrons. The first kappa shape index (κ1) is 12.0. The molecule has 0 aromatic rings. The largest absolute Gasteiger partial charge is 0.380 e. The molecule has 1 aliphatic carbocycles. The minimum absolute atomic E-state index is 0.809. The highest BCUT2D eigenvalue weighted by molar-refractivity contribution is 4.71. The molecule has 0 heterocycles. The van der Waals surface area contributed by atoms with E-state index in [1.165, 1.54) is 25.7 Å². The third-order valence-corrected chi connectivity index (χ3v) is 2.75. The first-order valence-electron chi connectivity index (χ1n) is 6.11. The van der Waals surface area contributed by atoms with E-state index in [4.69, 9.17) is 4.74 Å². The minimum atomic E-state index is 0.809. The van der Waals surface area contributed by atoms with Crippen molar-refractivity contribution >= 4 is 0 Å². The van der Waals surface area contributed by atoms with Gasteiger partial charge in [-0.15, -0.1) is 0 Å². The summed E-state index contributed by atoms with van der Waals surface area (Å²) < 4.78 is 5.54. The highest BCUT2D eigenvalue weighted by Gasteiger charge is 2.20. The van der Waals surface area contributed by atoms with Gasteiger partial charge in [0, 0.05) is 13.2 Å². The molecule has 0 saturated heterocycles. The van der Waals surface area contributed by atoms with Crippen LogP contribution in [0.2, 0.25) is 0 Å². The zero-order chi connectivity index (χ0) is 10.2. The van der Waals surface area contributed by atoms with Crippen LogP contribution in [0, 0.1) is 11.8 Å². The fourth-order valence-corrected chi connectivity index (χ4v) is 1.62. The Morgan fingerprint density at radius 3 is 2.86 bits per heavy atom. The maximum absolute atomic E-state index is 5.54. The van der Waals surface area contributed by atoms with Crippen LogP contribution in [0.15, 0.2) is 0 Å². The highest BCUT2D eigenvalue weighted by atomic mass is 16.5. The Balaban J connectivity index is 1.74. The average Bonchev–Trinajstić information content (AvgIpc) is 2.95. The number of hydrogen-bond donors (Lipinski definition) is 1. The SMILES string of the molecule is CCCC(C)CNCCOCC1CC1. The molecule has 0 aromatic heterocycles. The predicted octanol–water partition coefficient (Wildman–Crippen LogP) is 2.44. The van der Waals surface area contributed by atoms with Gasteiger partial charge in [0.2, 0.25) is 0 Å². The first-order chi connectivity index (χ1) is 6.83. The normalized spacial score (nSPS) is 18.4. The average molecular weight is 199 g/mol. The summed E-state index contributed by atoms with van der Waals surface area (Å²) in [6, 6.07) is 0. The maximum atomic E-state index is 5.54. The summed E-state index contributed by atoms with van der Waals surface area (Å²) >= 11 is 0. The molecule has 0 bridgehead atoms. The van der Waals surface area contributed by atoms with E-state index in [9.17, 15) is 0 Å². The van der Waals surface area contributed by atoms with Crippen LogP contribution in [-0.4, -0.2) is 26.3 Å². The molecule has 0 radical (unpaired) electrons. The molecule has 0 aromatic carbocycles. The fraction of sp³-hybridized carbons (Fsp3) is 1.00. The smallest absolute Gasteiger partial charge is 0.0591 e. The van der Waals surface area contributed by atoms with E-state index in [2.05, 4.69) is 19.2 Å². The molecule has 2 heteroatoms. The lowest BCUT2D eigenvalue weighted by Gasteiger charge is -2.11. The van der Waals surface area contributed by atoms with Gasteiger partial charge in [-0.25, -0.2) is 0 Å². The Morgan fingerprint density at radius 1 is 1.43 bits per heavy atom. The van der Waals surface area contributed by atoms with Gasteiger partial charge in [-0.3, -0.25) is 0 Å². The molecule has 1 N–H and O–H groups in total. The van der Waals surface area contributed by atoms with Gasteiger partial charge < -0.3 is 10.1 Å². The lowest BCUT2D eigenvalue weighted by Crippen LogP contribution is -2.25. The van der Waals surface area contributed by atoms with Crippen LogP contribution in [-0.2, 0) is 4.74 Å². The third-order valence-electron chi connectivity index (χ3n) is 2.75. The number of rotatable bonds is 9. The van der Waals surface area contributed by atoms with Crippen molar-refractivity contribution in [3.63, 3.8) is 0 Å². The molecular weight excluding hydrogens is 174 g/mol. The quantitative estimate of drug-likeness (QED) is 0.576. The standard InChI is InChI=1S/C12H25NO/c1-3-4-11(2)9-13-7-8-14-10-12-5-6-12/h11-13H,3-10H2,1-2H3. The van der Waals surface area contributed by atoms with Gasteiger partial charge in [0.15, 0.2) is 0 Å². The maximum Gasteiger partial charge on any atom is 0.0591 e.